The van der Waals surface area contributed by atoms with Gasteiger partial charge in [-0.2, -0.15) is 5.26 Å². The van der Waals surface area contributed by atoms with Gasteiger partial charge in [-0.1, -0.05) is 12.1 Å². The lowest BCUT2D eigenvalue weighted by Gasteiger charge is -2.12. The second-order valence-electron chi connectivity index (χ2n) is 4.88. The van der Waals surface area contributed by atoms with E-state index in [0.717, 1.165) is 11.6 Å². The molecule has 0 saturated heterocycles. The van der Waals surface area contributed by atoms with Crippen molar-refractivity contribution in [2.45, 2.75) is 0 Å². The lowest BCUT2D eigenvalue weighted by atomic mass is 10.1. The lowest BCUT2D eigenvalue weighted by molar-refractivity contribution is 0.466. The van der Waals surface area contributed by atoms with Crippen LogP contribution in [0.15, 0.2) is 59.7 Å². The summed E-state index contributed by atoms with van der Waals surface area (Å²) in [4.78, 5) is 15.7. The molecule has 0 atom stereocenters. The summed E-state index contributed by atoms with van der Waals surface area (Å²) in [5.74, 6) is -0.188. The first-order valence-corrected chi connectivity index (χ1v) is 6.77. The van der Waals surface area contributed by atoms with Crippen LogP contribution in [0, 0.1) is 11.3 Å². The number of anilines is 1. The van der Waals surface area contributed by atoms with Crippen molar-refractivity contribution in [2.75, 3.05) is 5.73 Å². The number of nitrogens with two attached hydrogens (primary N) is 1. The molecule has 0 bridgehead atoms. The molecule has 0 unspecified atom stereocenters. The van der Waals surface area contributed by atoms with Crippen molar-refractivity contribution in [3.63, 3.8) is 0 Å². The number of nitrogen functional groups attached to an aromatic ring is 1. The molecule has 0 saturated carbocycles. The molecule has 3 rings (SSSR count). The van der Waals surface area contributed by atoms with E-state index in [1.54, 1.807) is 36.5 Å². The van der Waals surface area contributed by atoms with Crippen molar-refractivity contribution in [1.29, 1.82) is 5.26 Å². The second-order valence-corrected chi connectivity index (χ2v) is 4.88. The smallest absolute Gasteiger partial charge is 0.225 e. The number of aromatic hydroxyl groups is 1. The zero-order valence-corrected chi connectivity index (χ0v) is 12.0. The van der Waals surface area contributed by atoms with E-state index in [1.165, 1.54) is 10.8 Å². The zero-order chi connectivity index (χ0) is 16.4. The van der Waals surface area contributed by atoms with Crippen LogP contribution in [0.25, 0.3) is 16.9 Å². The van der Waals surface area contributed by atoms with Crippen LogP contribution in [0.3, 0.4) is 0 Å². The quantitative estimate of drug-likeness (QED) is 0.754. The summed E-state index contributed by atoms with van der Waals surface area (Å²) in [5, 5.41) is 18.8. The van der Waals surface area contributed by atoms with Gasteiger partial charge in [-0.05, 0) is 24.3 Å². The first-order chi connectivity index (χ1) is 11.1. The molecule has 0 fully saturated rings. The first kappa shape index (κ1) is 14.4. The molecule has 2 heterocycles. The van der Waals surface area contributed by atoms with Gasteiger partial charge in [-0.25, -0.2) is 0 Å². The average Bonchev–Trinajstić information content (AvgIpc) is 2.58. The van der Waals surface area contributed by atoms with Crippen LogP contribution in [0.2, 0.25) is 0 Å². The molecule has 0 spiro atoms. The van der Waals surface area contributed by atoms with Crippen molar-refractivity contribution < 1.29 is 5.11 Å². The van der Waals surface area contributed by atoms with Gasteiger partial charge in [0.25, 0.3) is 0 Å². The van der Waals surface area contributed by atoms with E-state index < -0.39 is 5.43 Å². The maximum absolute atomic E-state index is 11.4. The number of nitrogens with zero attached hydrogens (tertiary/aromatic N) is 3. The summed E-state index contributed by atoms with van der Waals surface area (Å²) >= 11 is 0. The molecule has 3 N–H and O–H groups in total. The molecule has 0 aliphatic rings. The summed E-state index contributed by atoms with van der Waals surface area (Å²) < 4.78 is 1.50. The van der Waals surface area contributed by atoms with E-state index in [9.17, 15) is 15.2 Å². The second kappa shape index (κ2) is 5.66. The normalized spacial score (nSPS) is 10.2. The fraction of sp³-hybridized carbons (Fsp3) is 0. The number of benzene rings is 1. The van der Waals surface area contributed by atoms with Gasteiger partial charge < -0.3 is 10.8 Å². The minimum absolute atomic E-state index is 0.200. The molecule has 3 aromatic rings. The van der Waals surface area contributed by atoms with Crippen LogP contribution >= 0.6 is 0 Å². The summed E-state index contributed by atoms with van der Waals surface area (Å²) in [6, 6.07) is 13.8. The predicted molar refractivity (Wildman–Crippen MR) is 86.1 cm³/mol. The van der Waals surface area contributed by atoms with Crippen LogP contribution in [0.5, 0.6) is 5.75 Å². The molecular formula is C17H12N4O2. The Morgan fingerprint density at radius 2 is 2.04 bits per heavy atom. The Labute approximate surface area is 131 Å². The molecule has 6 heteroatoms. The molecule has 0 aliphatic carbocycles. The Bertz CT molecular complexity index is 986. The number of rotatable bonds is 2. The molecule has 0 radical (unpaired) electrons. The maximum Gasteiger partial charge on any atom is 0.225 e. The van der Waals surface area contributed by atoms with Gasteiger partial charge in [-0.3, -0.25) is 14.3 Å². The number of hydrogen-bond acceptors (Lipinski definition) is 5. The summed E-state index contributed by atoms with van der Waals surface area (Å²) in [6.45, 7) is 0. The standard InChI is InChI=1S/C17H12N4O2/c18-9-12-4-2-6-20-17(12)11-3-1-5-13(7-11)21-10-15(23)14(22)8-16(21)19/h1-8,10,23H,19H2. The third kappa shape index (κ3) is 2.63. The van der Waals surface area contributed by atoms with Crippen LogP contribution in [0.1, 0.15) is 5.56 Å². The Morgan fingerprint density at radius 3 is 2.83 bits per heavy atom. The van der Waals surface area contributed by atoms with Crippen molar-refractivity contribution in [1.82, 2.24) is 9.55 Å². The fourth-order valence-electron chi connectivity index (χ4n) is 2.29. The van der Waals surface area contributed by atoms with Crippen molar-refractivity contribution in [3.8, 4) is 28.8 Å². The van der Waals surface area contributed by atoms with E-state index in [4.69, 9.17) is 5.73 Å². The maximum atomic E-state index is 11.4. The van der Waals surface area contributed by atoms with E-state index in [0.29, 0.717) is 16.9 Å². The molecule has 23 heavy (non-hydrogen) atoms. The highest BCUT2D eigenvalue weighted by molar-refractivity contribution is 5.68. The van der Waals surface area contributed by atoms with Gasteiger partial charge in [0, 0.05) is 23.5 Å². The van der Waals surface area contributed by atoms with Crippen LogP contribution < -0.4 is 11.2 Å². The first-order valence-electron chi connectivity index (χ1n) is 6.77. The van der Waals surface area contributed by atoms with Gasteiger partial charge in [0.2, 0.25) is 5.43 Å². The van der Waals surface area contributed by atoms with Gasteiger partial charge in [0.1, 0.15) is 11.9 Å². The lowest BCUT2D eigenvalue weighted by Crippen LogP contribution is -2.10. The Balaban J connectivity index is 2.17. The Hall–Kier alpha value is -3.59. The fourth-order valence-corrected chi connectivity index (χ4v) is 2.29. The van der Waals surface area contributed by atoms with Crippen LogP contribution in [0.4, 0.5) is 5.82 Å². The highest BCUT2D eigenvalue weighted by Gasteiger charge is 2.09. The monoisotopic (exact) mass is 304 g/mol. The minimum atomic E-state index is -0.536. The van der Waals surface area contributed by atoms with Crippen LogP contribution in [-0.4, -0.2) is 14.7 Å². The molecule has 1 aromatic carbocycles. The summed E-state index contributed by atoms with van der Waals surface area (Å²) in [7, 11) is 0. The zero-order valence-electron chi connectivity index (χ0n) is 12.0. The Morgan fingerprint density at radius 1 is 1.22 bits per heavy atom. The van der Waals surface area contributed by atoms with E-state index in [-0.39, 0.29) is 11.6 Å². The van der Waals surface area contributed by atoms with Gasteiger partial charge in [0.05, 0.1) is 17.5 Å². The number of nitriles is 1. The molecule has 6 nitrogen and oxygen atoms in total. The number of hydrogen-bond donors (Lipinski definition) is 2. The van der Waals surface area contributed by atoms with E-state index in [1.807, 2.05) is 6.07 Å². The topological polar surface area (TPSA) is 105 Å². The van der Waals surface area contributed by atoms with E-state index >= 15 is 0 Å². The molecule has 2 aromatic heterocycles. The van der Waals surface area contributed by atoms with Gasteiger partial charge in [-0.15, -0.1) is 0 Å². The highest BCUT2D eigenvalue weighted by atomic mass is 16.3. The van der Waals surface area contributed by atoms with Crippen molar-refractivity contribution in [2.24, 2.45) is 0 Å². The molecular weight excluding hydrogens is 292 g/mol. The molecule has 0 aliphatic heterocycles. The number of pyridine rings is 2. The summed E-state index contributed by atoms with van der Waals surface area (Å²) in [5.41, 5.74) is 7.71. The van der Waals surface area contributed by atoms with Crippen LogP contribution in [-0.2, 0) is 0 Å². The third-order valence-corrected chi connectivity index (χ3v) is 3.39. The van der Waals surface area contributed by atoms with Crippen molar-refractivity contribution >= 4 is 5.82 Å². The number of aromatic nitrogens is 2. The highest BCUT2D eigenvalue weighted by Crippen LogP contribution is 2.24. The third-order valence-electron chi connectivity index (χ3n) is 3.39. The summed E-state index contributed by atoms with van der Waals surface area (Å²) in [6.07, 6.45) is 2.88. The van der Waals surface area contributed by atoms with Gasteiger partial charge in [0.15, 0.2) is 5.75 Å². The van der Waals surface area contributed by atoms with Gasteiger partial charge >= 0.3 is 0 Å². The molecule has 0 amide bonds. The largest absolute Gasteiger partial charge is 0.503 e. The minimum Gasteiger partial charge on any atom is -0.503 e. The van der Waals surface area contributed by atoms with E-state index in [2.05, 4.69) is 11.1 Å². The predicted octanol–water partition coefficient (Wildman–Crippen LogP) is 2.06. The Kier molecular flexibility index (Phi) is 3.53. The average molecular weight is 304 g/mol. The molecule has 112 valence electrons. The van der Waals surface area contributed by atoms with Crippen molar-refractivity contribution in [3.05, 3.63) is 70.6 Å². The SMILES string of the molecule is N#Cc1cccnc1-c1cccc(-n2cc(O)c(=O)cc2N)c1.